The highest BCUT2D eigenvalue weighted by molar-refractivity contribution is 5.86. The molecule has 150 valence electrons. The Morgan fingerprint density at radius 1 is 0.935 bits per heavy atom. The first-order chi connectivity index (χ1) is 15.0. The molecule has 5 aromatic rings. The fourth-order valence-electron chi connectivity index (χ4n) is 3.80. The van der Waals surface area contributed by atoms with Crippen molar-refractivity contribution in [2.75, 3.05) is 5.32 Å². The Bertz CT molecular complexity index is 1510. The van der Waals surface area contributed by atoms with Gasteiger partial charge in [-0.25, -0.2) is 9.97 Å². The number of hydrogen-bond acceptors (Lipinski definition) is 6. The number of aromatic nitrogens is 5. The number of aryl methyl sites for hydroxylation is 3. The molecule has 0 unspecified atom stereocenters. The number of rotatable bonds is 3. The van der Waals surface area contributed by atoms with Crippen LogP contribution in [0, 0.1) is 32.1 Å². The number of nitriles is 1. The van der Waals surface area contributed by atoms with E-state index in [4.69, 9.17) is 4.98 Å². The van der Waals surface area contributed by atoms with Gasteiger partial charge in [0.1, 0.15) is 11.6 Å². The molecule has 3 heterocycles. The van der Waals surface area contributed by atoms with Crippen molar-refractivity contribution in [3.63, 3.8) is 0 Å². The van der Waals surface area contributed by atoms with Gasteiger partial charge in [0.05, 0.1) is 28.9 Å². The van der Waals surface area contributed by atoms with Crippen LogP contribution < -0.4 is 5.32 Å². The van der Waals surface area contributed by atoms with Crippen molar-refractivity contribution in [3.8, 4) is 11.9 Å². The Kier molecular flexibility index (Phi) is 4.33. The first-order valence-electron chi connectivity index (χ1n) is 9.89. The topological polar surface area (TPSA) is 92.3 Å². The molecule has 2 aromatic carbocycles. The highest BCUT2D eigenvalue weighted by Crippen LogP contribution is 2.27. The third-order valence-corrected chi connectivity index (χ3v) is 5.24. The van der Waals surface area contributed by atoms with E-state index >= 15 is 0 Å². The molecule has 0 radical (unpaired) electrons. The Morgan fingerprint density at radius 3 is 2.55 bits per heavy atom. The number of fused-ring (bicyclic) bond motifs is 2. The van der Waals surface area contributed by atoms with Crippen LogP contribution in [0.15, 0.2) is 54.9 Å². The first-order valence-corrected chi connectivity index (χ1v) is 9.89. The van der Waals surface area contributed by atoms with Crippen LogP contribution in [0.2, 0.25) is 0 Å². The van der Waals surface area contributed by atoms with E-state index in [0.717, 1.165) is 33.1 Å². The van der Waals surface area contributed by atoms with Crippen molar-refractivity contribution in [2.24, 2.45) is 0 Å². The van der Waals surface area contributed by atoms with E-state index in [1.807, 2.05) is 30.3 Å². The molecule has 3 aromatic heterocycles. The maximum Gasteiger partial charge on any atom is 0.156 e. The zero-order chi connectivity index (χ0) is 21.5. The molecule has 0 fully saturated rings. The summed E-state index contributed by atoms with van der Waals surface area (Å²) in [5.41, 5.74) is 6.29. The molecule has 5 rings (SSSR count). The van der Waals surface area contributed by atoms with Gasteiger partial charge in [0, 0.05) is 5.39 Å². The molecule has 0 atom stereocenters. The standard InChI is InChI=1S/C24H19N7/c1-14-8-16(3)23-18(9-14)15(2)10-22(30-23)31-24(17(11-25)12-27-31)29-21-13-26-19-6-4-5-7-20(19)28-21/h4-10,12-13H,1-3H3,(H,28,29). The lowest BCUT2D eigenvalue weighted by atomic mass is 10.0. The zero-order valence-corrected chi connectivity index (χ0v) is 17.4. The molecule has 0 saturated carbocycles. The largest absolute Gasteiger partial charge is 0.322 e. The number of nitrogens with zero attached hydrogens (tertiary/aromatic N) is 6. The van der Waals surface area contributed by atoms with E-state index in [2.05, 4.69) is 59.4 Å². The van der Waals surface area contributed by atoms with Crippen LogP contribution in [-0.2, 0) is 0 Å². The van der Waals surface area contributed by atoms with Gasteiger partial charge in [-0.05, 0) is 56.2 Å². The fourth-order valence-corrected chi connectivity index (χ4v) is 3.80. The fraction of sp³-hybridized carbons (Fsp3) is 0.125. The summed E-state index contributed by atoms with van der Waals surface area (Å²) in [6, 6.07) is 16.1. The van der Waals surface area contributed by atoms with Crippen LogP contribution in [0.3, 0.4) is 0 Å². The van der Waals surface area contributed by atoms with Crippen LogP contribution in [0.4, 0.5) is 11.6 Å². The molecule has 7 nitrogen and oxygen atoms in total. The molecule has 0 aliphatic carbocycles. The Labute approximate surface area is 179 Å². The average molecular weight is 405 g/mol. The second-order valence-electron chi connectivity index (χ2n) is 7.57. The van der Waals surface area contributed by atoms with Crippen LogP contribution >= 0.6 is 0 Å². The Morgan fingerprint density at radius 2 is 1.74 bits per heavy atom. The minimum absolute atomic E-state index is 0.398. The van der Waals surface area contributed by atoms with E-state index in [9.17, 15) is 5.26 Å². The Hall–Kier alpha value is -4.31. The number of para-hydroxylation sites is 2. The highest BCUT2D eigenvalue weighted by Gasteiger charge is 2.16. The number of nitrogens with one attached hydrogen (secondary N) is 1. The number of hydrogen-bond donors (Lipinski definition) is 1. The minimum atomic E-state index is 0.398. The maximum absolute atomic E-state index is 9.63. The molecule has 7 heteroatoms. The lowest BCUT2D eigenvalue weighted by Gasteiger charge is -2.13. The molecule has 0 spiro atoms. The summed E-state index contributed by atoms with van der Waals surface area (Å²) in [5.74, 6) is 1.67. The summed E-state index contributed by atoms with van der Waals surface area (Å²) in [6.07, 6.45) is 3.17. The van der Waals surface area contributed by atoms with Crippen molar-refractivity contribution in [1.82, 2.24) is 24.7 Å². The zero-order valence-electron chi connectivity index (χ0n) is 17.4. The van der Waals surface area contributed by atoms with Gasteiger partial charge >= 0.3 is 0 Å². The van der Waals surface area contributed by atoms with E-state index in [-0.39, 0.29) is 0 Å². The number of benzene rings is 2. The molecule has 0 aliphatic rings. The second-order valence-corrected chi connectivity index (χ2v) is 7.57. The summed E-state index contributed by atoms with van der Waals surface area (Å²) in [5, 5.41) is 18.4. The molecule has 31 heavy (non-hydrogen) atoms. The quantitative estimate of drug-likeness (QED) is 0.459. The van der Waals surface area contributed by atoms with E-state index in [0.29, 0.717) is 23.0 Å². The molecule has 0 amide bonds. The van der Waals surface area contributed by atoms with E-state index in [1.54, 1.807) is 10.9 Å². The van der Waals surface area contributed by atoms with Gasteiger partial charge in [-0.15, -0.1) is 0 Å². The van der Waals surface area contributed by atoms with E-state index < -0.39 is 0 Å². The molecule has 1 N–H and O–H groups in total. The lowest BCUT2D eigenvalue weighted by Crippen LogP contribution is -2.07. The van der Waals surface area contributed by atoms with E-state index in [1.165, 1.54) is 11.8 Å². The van der Waals surface area contributed by atoms with Crippen LogP contribution in [0.25, 0.3) is 27.8 Å². The van der Waals surface area contributed by atoms with Crippen LogP contribution in [-0.4, -0.2) is 24.7 Å². The molecule has 0 saturated heterocycles. The number of pyridine rings is 1. The summed E-state index contributed by atoms with van der Waals surface area (Å²) < 4.78 is 1.64. The van der Waals surface area contributed by atoms with Crippen molar-refractivity contribution in [1.29, 1.82) is 5.26 Å². The van der Waals surface area contributed by atoms with Gasteiger partial charge in [-0.1, -0.05) is 23.8 Å². The summed E-state index contributed by atoms with van der Waals surface area (Å²) in [6.45, 7) is 6.20. The monoisotopic (exact) mass is 405 g/mol. The summed E-state index contributed by atoms with van der Waals surface area (Å²) in [7, 11) is 0. The van der Waals surface area contributed by atoms with Gasteiger partial charge in [-0.3, -0.25) is 4.98 Å². The lowest BCUT2D eigenvalue weighted by molar-refractivity contribution is 0.857. The van der Waals surface area contributed by atoms with Gasteiger partial charge in [0.25, 0.3) is 0 Å². The molecular formula is C24H19N7. The minimum Gasteiger partial charge on any atom is -0.322 e. The average Bonchev–Trinajstić information content (AvgIpc) is 3.16. The normalized spacial score (nSPS) is 11.0. The van der Waals surface area contributed by atoms with Crippen molar-refractivity contribution >= 4 is 33.6 Å². The van der Waals surface area contributed by atoms with Crippen molar-refractivity contribution < 1.29 is 0 Å². The predicted octanol–water partition coefficient (Wildman–Crippen LogP) is 4.90. The third kappa shape index (κ3) is 3.24. The molecular weight excluding hydrogens is 386 g/mol. The van der Waals surface area contributed by atoms with Crippen molar-refractivity contribution in [2.45, 2.75) is 20.8 Å². The smallest absolute Gasteiger partial charge is 0.156 e. The van der Waals surface area contributed by atoms with Crippen LogP contribution in [0.5, 0.6) is 0 Å². The maximum atomic E-state index is 9.63. The predicted molar refractivity (Wildman–Crippen MR) is 121 cm³/mol. The van der Waals surface area contributed by atoms with Gasteiger partial charge in [-0.2, -0.15) is 15.0 Å². The number of anilines is 2. The first kappa shape index (κ1) is 18.7. The highest BCUT2D eigenvalue weighted by atomic mass is 15.4. The second kappa shape index (κ2) is 7.18. The third-order valence-electron chi connectivity index (χ3n) is 5.24. The summed E-state index contributed by atoms with van der Waals surface area (Å²) >= 11 is 0. The van der Waals surface area contributed by atoms with Crippen LogP contribution in [0.1, 0.15) is 22.3 Å². The Balaban J connectivity index is 1.64. The van der Waals surface area contributed by atoms with Gasteiger partial charge in [0.2, 0.25) is 0 Å². The van der Waals surface area contributed by atoms with Gasteiger partial charge in [0.15, 0.2) is 17.5 Å². The molecule has 0 aliphatic heterocycles. The SMILES string of the molecule is Cc1cc(C)c2nc(-n3ncc(C#N)c3Nc3cnc4ccccc4n3)cc(C)c2c1. The molecule has 0 bridgehead atoms. The van der Waals surface area contributed by atoms with Crippen molar-refractivity contribution in [3.05, 3.63) is 77.1 Å². The van der Waals surface area contributed by atoms with Gasteiger partial charge < -0.3 is 5.32 Å². The summed E-state index contributed by atoms with van der Waals surface area (Å²) in [4.78, 5) is 13.9.